The largest absolute Gasteiger partial charge is 0.385 e. The maximum atomic E-state index is 10.8. The molecule has 0 atom stereocenters. The van der Waals surface area contributed by atoms with Crippen molar-refractivity contribution >= 4 is 53.2 Å². The van der Waals surface area contributed by atoms with Crippen LogP contribution in [0.4, 0.5) is 0 Å². The van der Waals surface area contributed by atoms with Crippen molar-refractivity contribution in [2.75, 3.05) is 345 Å². The average Bonchev–Trinajstić information content (AvgIpc) is 1.14. The molecule has 0 fully saturated rings. The van der Waals surface area contributed by atoms with Crippen molar-refractivity contribution in [3.63, 3.8) is 0 Å². The summed E-state index contributed by atoms with van der Waals surface area (Å²) in [6.45, 7) is 19.5. The second kappa shape index (κ2) is 134. The third-order valence-electron chi connectivity index (χ3n) is 15.7. The Morgan fingerprint density at radius 2 is 0.288 bits per heavy atom. The Morgan fingerprint density at radius 1 is 0.136 bits per heavy atom. The molecule has 0 rings (SSSR count). The standard InChI is InChI=1S/5C10H21NO3.3C9H19NO4.C9H19NO3/c1-11-10(12)6-5-9-14-8-4-3-7-13-2;1-11-10(12)6-3-4-8-14-9-5-7-13-2;1-11-10(12)6-9-14-8-5-3-4-7-13-2;1-11-10(12)6-4-3-5-7-14-9-8-13-2;1-11-10(12)9-14-8-6-4-3-5-7-13-2;1-10-9(11)3-4-13-7-8-14-6-5-12-2;1-10-9(11)8-14-5-3-4-13-7-6-12-2;1-10-9(11)8-14-7-6-13-5-3-4-12-2;1-10-9(11)8-13-7-5-3-4-6-12-2/h5*3-9H2,1-2H3,(H,11,12);3*3-8H2,1-2H3,(H,10,11);3-8H2,1-2H3,(H,10,11). The van der Waals surface area contributed by atoms with E-state index in [1.165, 1.54) is 0 Å². The number of carbonyl (C=O) groups is 9. The van der Waals surface area contributed by atoms with E-state index in [2.05, 4.69) is 47.9 Å². The van der Waals surface area contributed by atoms with E-state index in [1.807, 2.05) is 0 Å². The maximum Gasteiger partial charge on any atom is 0.245 e. The van der Waals surface area contributed by atoms with Gasteiger partial charge in [0.15, 0.2) is 0 Å². The fourth-order valence-electron chi connectivity index (χ4n) is 8.26. The zero-order chi connectivity index (χ0) is 95.1. The number of hydrogen-bond donors (Lipinski definition) is 9. The van der Waals surface area contributed by atoms with E-state index in [0.717, 1.165) is 201 Å². The smallest absolute Gasteiger partial charge is 0.245 e. The van der Waals surface area contributed by atoms with E-state index in [-0.39, 0.29) is 79.6 Å². The molecule has 0 saturated heterocycles. The highest BCUT2D eigenvalue weighted by Gasteiger charge is 2.05. The zero-order valence-corrected chi connectivity index (χ0v) is 81.0. The van der Waals surface area contributed by atoms with E-state index in [0.29, 0.717) is 158 Å². The number of amides is 9. The number of nitrogens with one attached hydrogen (secondary N) is 9. The monoisotopic (exact) mass is 1820 g/mol. The predicted octanol–water partition coefficient (Wildman–Crippen LogP) is 4.75. The lowest BCUT2D eigenvalue weighted by Crippen LogP contribution is -2.24. The molecule has 0 unspecified atom stereocenters. The van der Waals surface area contributed by atoms with Crippen LogP contribution < -0.4 is 47.9 Å². The summed E-state index contributed by atoms with van der Waals surface area (Å²) in [6.07, 6.45) is 23.7. The highest BCUT2D eigenvalue weighted by molar-refractivity contribution is 5.78. The summed E-state index contributed by atoms with van der Waals surface area (Å²) in [5.41, 5.74) is 0. The molecule has 0 aromatic rings. The molecular weight excluding hydrogens is 1640 g/mol. The first kappa shape index (κ1) is 137. The molecule has 0 saturated carbocycles. The second-order valence-electron chi connectivity index (χ2n) is 26.3. The van der Waals surface area contributed by atoms with Crippen molar-refractivity contribution in [1.82, 2.24) is 47.9 Å². The van der Waals surface area contributed by atoms with Crippen LogP contribution in [0, 0.1) is 0 Å². The summed E-state index contributed by atoms with van der Waals surface area (Å²) >= 11 is 0. The summed E-state index contributed by atoms with van der Waals surface area (Å²) < 4.78 is 106. The van der Waals surface area contributed by atoms with Crippen LogP contribution in [0.5, 0.6) is 0 Å². The molecule has 0 aliphatic rings. The number of carbonyl (C=O) groups excluding carboxylic acids is 9. The Morgan fingerprint density at radius 3 is 0.600 bits per heavy atom. The van der Waals surface area contributed by atoms with E-state index >= 15 is 0 Å². The molecule has 0 aromatic carbocycles. The van der Waals surface area contributed by atoms with Crippen LogP contribution in [0.2, 0.25) is 0 Å². The van der Waals surface area contributed by atoms with Crippen molar-refractivity contribution < 1.29 is 143 Å². The molecule has 0 aliphatic carbocycles. The summed E-state index contributed by atoms with van der Waals surface area (Å²) in [5, 5.41) is 22.8. The van der Waals surface area contributed by atoms with E-state index < -0.39 is 0 Å². The van der Waals surface area contributed by atoms with Crippen molar-refractivity contribution in [3.8, 4) is 0 Å². The van der Waals surface area contributed by atoms with Crippen LogP contribution in [-0.2, 0) is 143 Å². The quantitative estimate of drug-likeness (QED) is 0.0371. The molecule has 0 heterocycles. The van der Waals surface area contributed by atoms with Gasteiger partial charge in [-0.3, -0.25) is 43.2 Å². The first-order valence-corrected chi connectivity index (χ1v) is 44.0. The first-order chi connectivity index (χ1) is 60.8. The molecule has 0 aliphatic heterocycles. The highest BCUT2D eigenvalue weighted by Crippen LogP contribution is 2.03. The lowest BCUT2D eigenvalue weighted by atomic mass is 10.2. The Hall–Kier alpha value is -5.61. The van der Waals surface area contributed by atoms with Crippen molar-refractivity contribution in [1.29, 1.82) is 0 Å². The van der Waals surface area contributed by atoms with Gasteiger partial charge in [0, 0.05) is 272 Å². The SMILES string of the molecule is CNC(=O)CCCCCOCCOC.CNC(=O)CCCCOCCCOC.CNC(=O)CCCOCCCCOC.CNC(=O)CCOCCCCCOC.CNC(=O)CCOCCOCCOC.CNC(=O)COCCCCCCOC.CNC(=O)COCCCCCOC.CNC(=O)COCCCOCCOC.CNC(=O)COCCOCCCOC. The number of ether oxygens (including phenoxy) is 21. The maximum absolute atomic E-state index is 10.8. The van der Waals surface area contributed by atoms with E-state index in [9.17, 15) is 43.2 Å². The minimum atomic E-state index is -0.121. The molecule has 0 bridgehead atoms. The number of methoxy groups -OCH3 is 9. The highest BCUT2D eigenvalue weighted by atomic mass is 16.6. The van der Waals surface area contributed by atoms with Gasteiger partial charge >= 0.3 is 0 Å². The molecular formula is C86H181N9O30. The number of unbranched alkanes of at least 4 members (excludes halogenated alkanes) is 11. The second-order valence-corrected chi connectivity index (χ2v) is 26.3. The topological polar surface area (TPSA) is 456 Å². The van der Waals surface area contributed by atoms with Crippen LogP contribution in [0.15, 0.2) is 0 Å². The molecule has 750 valence electrons. The van der Waals surface area contributed by atoms with E-state index in [4.69, 9.17) is 99.5 Å². The lowest BCUT2D eigenvalue weighted by molar-refractivity contribution is -0.126. The van der Waals surface area contributed by atoms with Crippen LogP contribution >= 0.6 is 0 Å². The third-order valence-corrected chi connectivity index (χ3v) is 15.7. The zero-order valence-electron chi connectivity index (χ0n) is 81.0. The average molecular weight is 1820 g/mol. The van der Waals surface area contributed by atoms with Gasteiger partial charge in [-0.05, 0) is 116 Å². The first-order valence-electron chi connectivity index (χ1n) is 44.0. The van der Waals surface area contributed by atoms with Crippen LogP contribution in [-0.4, -0.2) is 399 Å². The number of hydrogen-bond acceptors (Lipinski definition) is 30. The van der Waals surface area contributed by atoms with Crippen molar-refractivity contribution in [2.45, 2.75) is 167 Å². The molecule has 0 radical (unpaired) electrons. The molecule has 39 heteroatoms. The number of likely N-dealkylation sites (N-methyl/N-ethyl adjacent to an activating group) is 4. The fraction of sp³-hybridized carbons (Fsp3) is 0.895. The van der Waals surface area contributed by atoms with Crippen molar-refractivity contribution in [3.05, 3.63) is 0 Å². The molecule has 125 heavy (non-hydrogen) atoms. The van der Waals surface area contributed by atoms with Gasteiger partial charge in [-0.2, -0.15) is 0 Å². The van der Waals surface area contributed by atoms with Gasteiger partial charge in [0.25, 0.3) is 0 Å². The summed E-state index contributed by atoms with van der Waals surface area (Å²) in [4.78, 5) is 96.8. The third kappa shape index (κ3) is 156. The van der Waals surface area contributed by atoms with Crippen molar-refractivity contribution in [2.24, 2.45) is 0 Å². The van der Waals surface area contributed by atoms with Gasteiger partial charge < -0.3 is 147 Å². The summed E-state index contributed by atoms with van der Waals surface area (Å²) in [5.74, 6) is -0.0479. The normalized spacial score (nSPS) is 10.1. The van der Waals surface area contributed by atoms with Gasteiger partial charge in [0.2, 0.25) is 53.2 Å². The minimum Gasteiger partial charge on any atom is -0.385 e. The lowest BCUT2D eigenvalue weighted by Gasteiger charge is -2.04. The Balaban J connectivity index is -0.000000173. The Bertz CT molecular complexity index is 1770. The number of rotatable bonds is 80. The molecule has 9 N–H and O–H groups in total. The molecule has 0 spiro atoms. The molecule has 0 aromatic heterocycles. The Labute approximate surface area is 753 Å². The van der Waals surface area contributed by atoms with Gasteiger partial charge in [-0.1, -0.05) is 19.3 Å². The van der Waals surface area contributed by atoms with Crippen LogP contribution in [0.1, 0.15) is 167 Å². The van der Waals surface area contributed by atoms with Gasteiger partial charge in [-0.25, -0.2) is 0 Å². The summed E-state index contributed by atoms with van der Waals surface area (Å²) in [6, 6.07) is 0. The Kier molecular flexibility index (Phi) is 147. The minimum absolute atomic E-state index is 0.00898. The van der Waals surface area contributed by atoms with Crippen LogP contribution in [0.3, 0.4) is 0 Å². The van der Waals surface area contributed by atoms with E-state index in [1.54, 1.807) is 127 Å². The van der Waals surface area contributed by atoms with Gasteiger partial charge in [-0.15, -0.1) is 0 Å². The molecule has 39 nitrogen and oxygen atoms in total. The van der Waals surface area contributed by atoms with Crippen LogP contribution in [0.25, 0.3) is 0 Å². The fourth-order valence-corrected chi connectivity index (χ4v) is 8.26. The molecule has 9 amide bonds. The van der Waals surface area contributed by atoms with Gasteiger partial charge in [0.05, 0.1) is 79.3 Å². The summed E-state index contributed by atoms with van der Waals surface area (Å²) in [7, 11) is 29.7. The predicted molar refractivity (Wildman–Crippen MR) is 483 cm³/mol. The van der Waals surface area contributed by atoms with Gasteiger partial charge in [0.1, 0.15) is 26.4 Å².